The van der Waals surface area contributed by atoms with E-state index in [2.05, 4.69) is 15.8 Å². The molecule has 0 radical (unpaired) electrons. The molecule has 0 saturated carbocycles. The van der Waals surface area contributed by atoms with Gasteiger partial charge in [0.15, 0.2) is 0 Å². The minimum atomic E-state index is -0.933. The average Bonchev–Trinajstić information content (AvgIpc) is 2.84. The smallest absolute Gasteiger partial charge is 0.252 e. The first kappa shape index (κ1) is 23.5. The molecule has 1 atom stereocenters. The maximum absolute atomic E-state index is 12.4. The zero-order valence-electron chi connectivity index (χ0n) is 18.9. The molecular formula is C26H27N3O4. The first-order chi connectivity index (χ1) is 16.0. The van der Waals surface area contributed by atoms with Crippen LogP contribution in [0.4, 0.5) is 5.69 Å². The van der Waals surface area contributed by atoms with Crippen molar-refractivity contribution in [3.8, 4) is 11.5 Å². The van der Waals surface area contributed by atoms with Crippen LogP contribution in [0.2, 0.25) is 0 Å². The molecule has 0 aliphatic heterocycles. The van der Waals surface area contributed by atoms with Gasteiger partial charge in [-0.25, -0.2) is 5.43 Å². The number of methoxy groups -OCH3 is 1. The highest BCUT2D eigenvalue weighted by Crippen LogP contribution is 2.18. The highest BCUT2D eigenvalue weighted by Gasteiger charge is 2.21. The van der Waals surface area contributed by atoms with E-state index in [-0.39, 0.29) is 0 Å². The number of carbonyl (C=O) groups is 2. The Kier molecular flexibility index (Phi) is 8.18. The molecule has 2 amide bonds. The van der Waals surface area contributed by atoms with Gasteiger partial charge in [-0.1, -0.05) is 42.0 Å². The molecule has 2 N–H and O–H groups in total. The van der Waals surface area contributed by atoms with Crippen LogP contribution in [0.15, 0.2) is 77.9 Å². The van der Waals surface area contributed by atoms with Gasteiger partial charge in [0.1, 0.15) is 24.0 Å². The molecule has 7 heteroatoms. The van der Waals surface area contributed by atoms with Crippen molar-refractivity contribution in [2.45, 2.75) is 20.5 Å². The number of carbonyl (C=O) groups excluding carboxylic acids is 2. The predicted molar refractivity (Wildman–Crippen MR) is 128 cm³/mol. The van der Waals surface area contributed by atoms with Crippen molar-refractivity contribution in [3.63, 3.8) is 0 Å². The second-order valence-electron chi connectivity index (χ2n) is 7.49. The highest BCUT2D eigenvalue weighted by atomic mass is 16.5. The summed E-state index contributed by atoms with van der Waals surface area (Å²) in [7, 11) is 1.56. The van der Waals surface area contributed by atoms with E-state index in [1.807, 2.05) is 55.5 Å². The van der Waals surface area contributed by atoms with Crippen LogP contribution in [0.5, 0.6) is 11.5 Å². The zero-order valence-corrected chi connectivity index (χ0v) is 18.9. The van der Waals surface area contributed by atoms with Crippen molar-refractivity contribution >= 4 is 23.7 Å². The number of aryl methyl sites for hydroxylation is 1. The van der Waals surface area contributed by atoms with E-state index < -0.39 is 17.7 Å². The number of ether oxygens (including phenoxy) is 2. The predicted octanol–water partition coefficient (Wildman–Crippen LogP) is 4.31. The lowest BCUT2D eigenvalue weighted by atomic mass is 10.1. The van der Waals surface area contributed by atoms with Gasteiger partial charge in [0, 0.05) is 11.3 Å². The third kappa shape index (κ3) is 6.93. The molecule has 0 fully saturated rings. The summed E-state index contributed by atoms with van der Waals surface area (Å²) in [6.07, 6.45) is 1.50. The van der Waals surface area contributed by atoms with Gasteiger partial charge in [0.25, 0.3) is 5.91 Å². The van der Waals surface area contributed by atoms with Crippen LogP contribution >= 0.6 is 0 Å². The van der Waals surface area contributed by atoms with Gasteiger partial charge in [-0.15, -0.1) is 0 Å². The monoisotopic (exact) mass is 445 g/mol. The van der Waals surface area contributed by atoms with E-state index in [1.165, 1.54) is 18.7 Å². The summed E-state index contributed by atoms with van der Waals surface area (Å²) < 4.78 is 11.0. The van der Waals surface area contributed by atoms with Crippen LogP contribution < -0.4 is 20.2 Å². The van der Waals surface area contributed by atoms with Crippen LogP contribution in [0.3, 0.4) is 0 Å². The Morgan fingerprint density at radius 2 is 1.67 bits per heavy atom. The molecule has 3 aromatic carbocycles. The summed E-state index contributed by atoms with van der Waals surface area (Å²) in [5.41, 5.74) is 5.94. The van der Waals surface area contributed by atoms with E-state index >= 15 is 0 Å². The molecule has 0 aliphatic carbocycles. The lowest BCUT2D eigenvalue weighted by Crippen LogP contribution is -2.34. The molecule has 0 bridgehead atoms. The number of para-hydroxylation sites is 1. The van der Waals surface area contributed by atoms with Gasteiger partial charge < -0.3 is 14.8 Å². The van der Waals surface area contributed by atoms with Crippen LogP contribution in [0, 0.1) is 12.8 Å². The minimum absolute atomic E-state index is 0.417. The van der Waals surface area contributed by atoms with Gasteiger partial charge >= 0.3 is 0 Å². The number of hydrogen-bond acceptors (Lipinski definition) is 5. The summed E-state index contributed by atoms with van der Waals surface area (Å²) in [6.45, 7) is 3.97. The molecule has 170 valence electrons. The van der Waals surface area contributed by atoms with Gasteiger partial charge in [-0.3, -0.25) is 9.59 Å². The van der Waals surface area contributed by atoms with Gasteiger partial charge in [-0.05, 0) is 55.8 Å². The van der Waals surface area contributed by atoms with Gasteiger partial charge in [0.2, 0.25) is 5.91 Å². The quantitative estimate of drug-likeness (QED) is 0.292. The number of benzene rings is 3. The number of hydrazone groups is 1. The molecule has 3 rings (SSSR count). The Morgan fingerprint density at radius 1 is 0.970 bits per heavy atom. The number of nitrogens with zero attached hydrogens (tertiary/aromatic N) is 1. The number of nitrogens with one attached hydrogen (secondary N) is 2. The first-order valence-electron chi connectivity index (χ1n) is 10.5. The van der Waals surface area contributed by atoms with Crippen molar-refractivity contribution in [1.82, 2.24) is 5.43 Å². The summed E-state index contributed by atoms with van der Waals surface area (Å²) in [4.78, 5) is 24.7. The third-order valence-corrected chi connectivity index (χ3v) is 4.96. The number of rotatable bonds is 9. The first-order valence-corrected chi connectivity index (χ1v) is 10.5. The van der Waals surface area contributed by atoms with E-state index in [4.69, 9.17) is 9.47 Å². The fourth-order valence-corrected chi connectivity index (χ4v) is 2.87. The van der Waals surface area contributed by atoms with Crippen molar-refractivity contribution in [2.24, 2.45) is 11.0 Å². The van der Waals surface area contributed by atoms with Crippen LogP contribution in [-0.2, 0) is 16.2 Å². The lowest BCUT2D eigenvalue weighted by Gasteiger charge is -2.11. The number of amides is 2. The standard InChI is InChI=1S/C26H27N3O4/c1-18-8-10-20(11-9-18)17-33-24-7-5-4-6-21(24)16-27-29-26(31)19(2)25(30)28-22-12-14-23(32-3)15-13-22/h4-16,19H,17H2,1-3H3,(H,28,30)(H,29,31). The summed E-state index contributed by atoms with van der Waals surface area (Å²) in [5, 5.41) is 6.70. The SMILES string of the molecule is COc1ccc(NC(=O)C(C)C(=O)NN=Cc2ccccc2OCc2ccc(C)cc2)cc1. The molecular weight excluding hydrogens is 418 g/mol. The normalized spacial score (nSPS) is 11.6. The number of anilines is 1. The Balaban J connectivity index is 1.54. The Hall–Kier alpha value is -4.13. The van der Waals surface area contributed by atoms with Crippen LogP contribution in [0.25, 0.3) is 0 Å². The molecule has 1 unspecified atom stereocenters. The average molecular weight is 446 g/mol. The van der Waals surface area contributed by atoms with E-state index in [9.17, 15) is 9.59 Å². The lowest BCUT2D eigenvalue weighted by molar-refractivity contribution is -0.131. The Bertz CT molecular complexity index is 1110. The topological polar surface area (TPSA) is 89.0 Å². The van der Waals surface area contributed by atoms with Gasteiger partial charge in [-0.2, -0.15) is 5.10 Å². The van der Waals surface area contributed by atoms with Crippen LogP contribution in [0.1, 0.15) is 23.6 Å². The fraction of sp³-hybridized carbons (Fsp3) is 0.192. The Labute approximate surface area is 193 Å². The second-order valence-corrected chi connectivity index (χ2v) is 7.49. The summed E-state index contributed by atoms with van der Waals surface area (Å²) in [6, 6.07) is 22.4. The highest BCUT2D eigenvalue weighted by molar-refractivity contribution is 6.06. The molecule has 33 heavy (non-hydrogen) atoms. The van der Waals surface area contributed by atoms with E-state index in [0.29, 0.717) is 29.4 Å². The number of hydrogen-bond donors (Lipinski definition) is 2. The summed E-state index contributed by atoms with van der Waals surface area (Å²) in [5.74, 6) is -0.570. The minimum Gasteiger partial charge on any atom is -0.497 e. The molecule has 0 heterocycles. The van der Waals surface area contributed by atoms with Crippen molar-refractivity contribution in [2.75, 3.05) is 12.4 Å². The molecule has 3 aromatic rings. The van der Waals surface area contributed by atoms with Crippen LogP contribution in [-0.4, -0.2) is 25.1 Å². The maximum Gasteiger partial charge on any atom is 0.252 e. The third-order valence-electron chi connectivity index (χ3n) is 4.96. The molecule has 0 aliphatic rings. The van der Waals surface area contributed by atoms with E-state index in [0.717, 1.165) is 5.56 Å². The zero-order chi connectivity index (χ0) is 23.6. The van der Waals surface area contributed by atoms with Crippen molar-refractivity contribution < 1.29 is 19.1 Å². The Morgan fingerprint density at radius 3 is 2.36 bits per heavy atom. The molecule has 0 saturated heterocycles. The van der Waals surface area contributed by atoms with Crippen molar-refractivity contribution in [1.29, 1.82) is 0 Å². The molecule has 0 aromatic heterocycles. The van der Waals surface area contributed by atoms with E-state index in [1.54, 1.807) is 31.4 Å². The van der Waals surface area contributed by atoms with Crippen molar-refractivity contribution in [3.05, 3.63) is 89.5 Å². The van der Waals surface area contributed by atoms with Gasteiger partial charge in [0.05, 0.1) is 13.3 Å². The summed E-state index contributed by atoms with van der Waals surface area (Å²) >= 11 is 0. The second kappa shape index (κ2) is 11.5. The molecule has 7 nitrogen and oxygen atoms in total. The molecule has 0 spiro atoms. The largest absolute Gasteiger partial charge is 0.497 e. The maximum atomic E-state index is 12.4. The fourth-order valence-electron chi connectivity index (χ4n) is 2.87.